The maximum absolute atomic E-state index is 11.6. The molecule has 2 N–H and O–H groups in total. The number of amides is 1. The molecule has 1 rings (SSSR count). The zero-order valence-electron chi connectivity index (χ0n) is 9.89. The molecule has 0 aliphatic carbocycles. The maximum atomic E-state index is 11.6. The molecule has 1 heterocycles. The van der Waals surface area contributed by atoms with Gasteiger partial charge in [0.2, 0.25) is 0 Å². The predicted molar refractivity (Wildman–Crippen MR) is 65.4 cm³/mol. The molecule has 6 nitrogen and oxygen atoms in total. The Balaban J connectivity index is 2.54. The van der Waals surface area contributed by atoms with Crippen LogP contribution >= 0.6 is 11.6 Å². The zero-order chi connectivity index (χ0) is 13.5. The Morgan fingerprint density at radius 2 is 2.17 bits per heavy atom. The lowest BCUT2D eigenvalue weighted by Crippen LogP contribution is -2.33. The molecular formula is C11H14ClN3O3. The van der Waals surface area contributed by atoms with Crippen LogP contribution in [0.5, 0.6) is 0 Å². The van der Waals surface area contributed by atoms with Crippen molar-refractivity contribution < 1.29 is 14.7 Å². The molecule has 0 aliphatic heterocycles. The quantitative estimate of drug-likeness (QED) is 0.815. The van der Waals surface area contributed by atoms with E-state index in [1.807, 2.05) is 6.92 Å². The molecule has 98 valence electrons. The van der Waals surface area contributed by atoms with E-state index in [1.54, 1.807) is 0 Å². The molecule has 0 bridgehead atoms. The molecule has 1 atom stereocenters. The minimum absolute atomic E-state index is 0.0757. The van der Waals surface area contributed by atoms with Crippen LogP contribution in [0.1, 0.15) is 30.3 Å². The Morgan fingerprint density at radius 1 is 1.44 bits per heavy atom. The van der Waals surface area contributed by atoms with E-state index in [0.717, 1.165) is 6.42 Å². The number of aliphatic carboxylic acids is 1. The van der Waals surface area contributed by atoms with Crippen LogP contribution < -0.4 is 5.32 Å². The number of nitrogens with zero attached hydrogens (tertiary/aromatic N) is 2. The van der Waals surface area contributed by atoms with Crippen LogP contribution in [0.25, 0.3) is 0 Å². The van der Waals surface area contributed by atoms with Gasteiger partial charge in [-0.1, -0.05) is 24.9 Å². The lowest BCUT2D eigenvalue weighted by atomic mass is 10.0. The highest BCUT2D eigenvalue weighted by Crippen LogP contribution is 2.06. The number of carboxylic acids is 1. The molecule has 0 saturated carbocycles. The minimum atomic E-state index is -0.917. The lowest BCUT2D eigenvalue weighted by Gasteiger charge is -2.11. The first-order valence-corrected chi connectivity index (χ1v) is 5.92. The van der Waals surface area contributed by atoms with Gasteiger partial charge in [0.15, 0.2) is 10.8 Å². The third kappa shape index (κ3) is 4.29. The summed E-state index contributed by atoms with van der Waals surface area (Å²) in [6, 6.07) is 2.88. The van der Waals surface area contributed by atoms with Gasteiger partial charge in [0.1, 0.15) is 0 Å². The molecule has 1 aromatic heterocycles. The number of halogens is 1. The number of aromatic nitrogens is 2. The number of carbonyl (C=O) groups is 2. The van der Waals surface area contributed by atoms with Gasteiger partial charge in [-0.2, -0.15) is 0 Å². The third-order valence-electron chi connectivity index (χ3n) is 2.36. The summed E-state index contributed by atoms with van der Waals surface area (Å²) < 4.78 is 0. The largest absolute Gasteiger partial charge is 0.481 e. The number of hydrogen-bond donors (Lipinski definition) is 2. The van der Waals surface area contributed by atoms with Gasteiger partial charge in [-0.15, -0.1) is 10.2 Å². The Hall–Kier alpha value is -1.69. The summed E-state index contributed by atoms with van der Waals surface area (Å²) in [5.74, 6) is -1.96. The molecule has 0 aliphatic rings. The van der Waals surface area contributed by atoms with E-state index in [4.69, 9.17) is 16.7 Å². The number of hydrogen-bond acceptors (Lipinski definition) is 4. The van der Waals surface area contributed by atoms with Crippen molar-refractivity contribution in [1.82, 2.24) is 15.5 Å². The maximum Gasteiger partial charge on any atom is 0.308 e. The summed E-state index contributed by atoms with van der Waals surface area (Å²) in [5.41, 5.74) is 0.111. The molecule has 0 saturated heterocycles. The SMILES string of the molecule is CCCC(CNC(=O)c1ccc(Cl)nn1)C(=O)O. The van der Waals surface area contributed by atoms with Crippen LogP contribution in [0.3, 0.4) is 0 Å². The smallest absolute Gasteiger partial charge is 0.308 e. The van der Waals surface area contributed by atoms with Crippen LogP contribution in [-0.4, -0.2) is 33.7 Å². The summed E-state index contributed by atoms with van der Waals surface area (Å²) in [5, 5.41) is 18.8. The van der Waals surface area contributed by atoms with Gasteiger partial charge in [-0.3, -0.25) is 9.59 Å². The normalized spacial score (nSPS) is 11.9. The van der Waals surface area contributed by atoms with Gasteiger partial charge in [-0.25, -0.2) is 0 Å². The molecular weight excluding hydrogens is 258 g/mol. The Bertz CT molecular complexity index is 422. The van der Waals surface area contributed by atoms with E-state index < -0.39 is 17.8 Å². The molecule has 1 unspecified atom stereocenters. The summed E-state index contributed by atoms with van der Waals surface area (Å²) in [7, 11) is 0. The van der Waals surface area contributed by atoms with Crippen molar-refractivity contribution in [2.75, 3.05) is 6.54 Å². The zero-order valence-corrected chi connectivity index (χ0v) is 10.6. The second-order valence-electron chi connectivity index (χ2n) is 3.78. The molecule has 0 radical (unpaired) electrons. The fourth-order valence-electron chi connectivity index (χ4n) is 1.40. The summed E-state index contributed by atoms with van der Waals surface area (Å²) in [6.45, 7) is 1.97. The molecule has 1 amide bonds. The van der Waals surface area contributed by atoms with Crippen molar-refractivity contribution in [2.24, 2.45) is 5.92 Å². The summed E-state index contributed by atoms with van der Waals surface area (Å²) in [4.78, 5) is 22.5. The number of nitrogens with one attached hydrogen (secondary N) is 1. The lowest BCUT2D eigenvalue weighted by molar-refractivity contribution is -0.141. The molecule has 0 fully saturated rings. The van der Waals surface area contributed by atoms with Crippen molar-refractivity contribution in [3.63, 3.8) is 0 Å². The fraction of sp³-hybridized carbons (Fsp3) is 0.455. The van der Waals surface area contributed by atoms with Crippen LogP contribution in [-0.2, 0) is 4.79 Å². The van der Waals surface area contributed by atoms with Gasteiger partial charge < -0.3 is 10.4 Å². The Labute approximate surface area is 109 Å². The van der Waals surface area contributed by atoms with Crippen molar-refractivity contribution in [2.45, 2.75) is 19.8 Å². The first kappa shape index (κ1) is 14.4. The average Bonchev–Trinajstić information content (AvgIpc) is 2.34. The van der Waals surface area contributed by atoms with Gasteiger partial charge in [0.25, 0.3) is 5.91 Å². The number of carbonyl (C=O) groups excluding carboxylic acids is 1. The first-order chi connectivity index (χ1) is 8.54. The van der Waals surface area contributed by atoms with Crippen molar-refractivity contribution in [1.29, 1.82) is 0 Å². The van der Waals surface area contributed by atoms with Crippen LogP contribution in [0.15, 0.2) is 12.1 Å². The van der Waals surface area contributed by atoms with E-state index in [2.05, 4.69) is 15.5 Å². The van der Waals surface area contributed by atoms with E-state index in [0.29, 0.717) is 6.42 Å². The van der Waals surface area contributed by atoms with Gasteiger partial charge >= 0.3 is 5.97 Å². The highest BCUT2D eigenvalue weighted by molar-refractivity contribution is 6.29. The van der Waals surface area contributed by atoms with E-state index in [1.165, 1.54) is 12.1 Å². The van der Waals surface area contributed by atoms with Crippen molar-refractivity contribution >= 4 is 23.5 Å². The van der Waals surface area contributed by atoms with Crippen molar-refractivity contribution in [3.8, 4) is 0 Å². The Kier molecular flexibility index (Phi) is 5.51. The van der Waals surface area contributed by atoms with Gasteiger partial charge in [0, 0.05) is 6.54 Å². The Morgan fingerprint density at radius 3 is 2.67 bits per heavy atom. The van der Waals surface area contributed by atoms with Crippen LogP contribution in [0, 0.1) is 5.92 Å². The van der Waals surface area contributed by atoms with Crippen molar-refractivity contribution in [3.05, 3.63) is 23.0 Å². The molecule has 0 spiro atoms. The molecule has 0 aromatic carbocycles. The molecule has 7 heteroatoms. The topological polar surface area (TPSA) is 92.2 Å². The second kappa shape index (κ2) is 6.90. The molecule has 1 aromatic rings. The first-order valence-electron chi connectivity index (χ1n) is 5.54. The highest BCUT2D eigenvalue weighted by Gasteiger charge is 2.18. The van der Waals surface area contributed by atoms with Gasteiger partial charge in [0.05, 0.1) is 5.92 Å². The minimum Gasteiger partial charge on any atom is -0.481 e. The summed E-state index contributed by atoms with van der Waals surface area (Å²) >= 11 is 5.54. The van der Waals surface area contributed by atoms with E-state index >= 15 is 0 Å². The standard InChI is InChI=1S/C11H14ClN3O3/c1-2-3-7(11(17)18)6-13-10(16)8-4-5-9(12)15-14-8/h4-5,7H,2-3,6H2,1H3,(H,13,16)(H,17,18). The van der Waals surface area contributed by atoms with E-state index in [-0.39, 0.29) is 17.4 Å². The van der Waals surface area contributed by atoms with Crippen LogP contribution in [0.4, 0.5) is 0 Å². The van der Waals surface area contributed by atoms with Gasteiger partial charge in [-0.05, 0) is 18.6 Å². The monoisotopic (exact) mass is 271 g/mol. The number of rotatable bonds is 6. The third-order valence-corrected chi connectivity index (χ3v) is 2.56. The number of carboxylic acid groups (broad SMARTS) is 1. The summed E-state index contributed by atoms with van der Waals surface area (Å²) in [6.07, 6.45) is 1.26. The average molecular weight is 272 g/mol. The predicted octanol–water partition coefficient (Wildman–Crippen LogP) is 1.36. The van der Waals surface area contributed by atoms with E-state index in [9.17, 15) is 9.59 Å². The second-order valence-corrected chi connectivity index (χ2v) is 4.16. The fourth-order valence-corrected chi connectivity index (χ4v) is 1.51. The highest BCUT2D eigenvalue weighted by atomic mass is 35.5. The molecule has 18 heavy (non-hydrogen) atoms. The van der Waals surface area contributed by atoms with Crippen LogP contribution in [0.2, 0.25) is 5.15 Å².